The predicted octanol–water partition coefficient (Wildman–Crippen LogP) is 2.72. The van der Waals surface area contributed by atoms with E-state index in [0.29, 0.717) is 30.4 Å². The van der Waals surface area contributed by atoms with Crippen LogP contribution in [0.25, 0.3) is 0 Å². The number of rotatable bonds is 4. The van der Waals surface area contributed by atoms with Gasteiger partial charge in [0.1, 0.15) is 31.3 Å². The Balaban J connectivity index is 1.74. The molecule has 0 fully saturated rings. The molecule has 1 heterocycles. The van der Waals surface area contributed by atoms with Crippen molar-refractivity contribution < 1.29 is 19.4 Å². The summed E-state index contributed by atoms with van der Waals surface area (Å²) >= 11 is 0. The van der Waals surface area contributed by atoms with Crippen LogP contribution < -0.4 is 14.2 Å². The molecule has 3 rings (SSSR count). The Morgan fingerprint density at radius 3 is 2.57 bits per heavy atom. The van der Waals surface area contributed by atoms with Gasteiger partial charge in [-0.2, -0.15) is 0 Å². The molecule has 5 nitrogen and oxygen atoms in total. The molecule has 0 unspecified atom stereocenters. The van der Waals surface area contributed by atoms with E-state index in [4.69, 9.17) is 14.2 Å². The fourth-order valence-electron chi connectivity index (χ4n) is 2.06. The zero-order chi connectivity index (χ0) is 14.5. The Morgan fingerprint density at radius 1 is 1.05 bits per heavy atom. The van der Waals surface area contributed by atoms with E-state index in [1.807, 2.05) is 36.4 Å². The standard InChI is InChI=1S/C16H15NO4/c18-17-14(11-21-13-4-2-1-3-5-13)12-6-7-15-16(10-12)20-9-8-19-15/h1-7,10,18H,8-9,11H2/b17-14+. The van der Waals surface area contributed by atoms with Crippen LogP contribution in [0.5, 0.6) is 17.2 Å². The molecule has 0 aliphatic carbocycles. The van der Waals surface area contributed by atoms with Crippen molar-refractivity contribution in [2.45, 2.75) is 0 Å². The molecule has 0 spiro atoms. The van der Waals surface area contributed by atoms with E-state index < -0.39 is 0 Å². The van der Waals surface area contributed by atoms with Gasteiger partial charge in [0, 0.05) is 5.56 Å². The van der Waals surface area contributed by atoms with Gasteiger partial charge in [0.05, 0.1) is 0 Å². The number of ether oxygens (including phenoxy) is 3. The number of hydrogen-bond acceptors (Lipinski definition) is 5. The van der Waals surface area contributed by atoms with Gasteiger partial charge in [0.2, 0.25) is 0 Å². The molecule has 2 aromatic carbocycles. The van der Waals surface area contributed by atoms with Crippen LogP contribution in [0.4, 0.5) is 0 Å². The van der Waals surface area contributed by atoms with Gasteiger partial charge in [-0.3, -0.25) is 0 Å². The molecule has 0 amide bonds. The van der Waals surface area contributed by atoms with Crippen molar-refractivity contribution in [1.29, 1.82) is 0 Å². The average Bonchev–Trinajstić information content (AvgIpc) is 2.56. The fraction of sp³-hybridized carbons (Fsp3) is 0.188. The van der Waals surface area contributed by atoms with E-state index in [1.54, 1.807) is 12.1 Å². The second-order valence-electron chi connectivity index (χ2n) is 4.51. The summed E-state index contributed by atoms with van der Waals surface area (Å²) in [6, 6.07) is 14.8. The van der Waals surface area contributed by atoms with Crippen molar-refractivity contribution >= 4 is 5.71 Å². The third kappa shape index (κ3) is 3.08. The molecule has 108 valence electrons. The zero-order valence-electron chi connectivity index (χ0n) is 11.4. The van der Waals surface area contributed by atoms with Gasteiger partial charge in [0.15, 0.2) is 11.5 Å². The van der Waals surface area contributed by atoms with Gasteiger partial charge in [-0.25, -0.2) is 0 Å². The highest BCUT2D eigenvalue weighted by Gasteiger charge is 2.14. The van der Waals surface area contributed by atoms with Crippen molar-refractivity contribution in [2.75, 3.05) is 19.8 Å². The molecule has 1 aliphatic rings. The summed E-state index contributed by atoms with van der Waals surface area (Å²) in [5.74, 6) is 2.07. The fourth-order valence-corrected chi connectivity index (χ4v) is 2.06. The maximum absolute atomic E-state index is 9.20. The molecular formula is C16H15NO4. The first-order valence-electron chi connectivity index (χ1n) is 6.65. The molecule has 1 N–H and O–H groups in total. The van der Waals surface area contributed by atoms with Gasteiger partial charge < -0.3 is 19.4 Å². The minimum absolute atomic E-state index is 0.167. The summed E-state index contributed by atoms with van der Waals surface area (Å²) in [7, 11) is 0. The Hall–Kier alpha value is -2.69. The number of oxime groups is 1. The highest BCUT2D eigenvalue weighted by molar-refractivity contribution is 6.01. The third-order valence-electron chi connectivity index (χ3n) is 3.11. The molecule has 2 aromatic rings. The first-order chi connectivity index (χ1) is 10.4. The van der Waals surface area contributed by atoms with E-state index in [2.05, 4.69) is 5.16 Å². The van der Waals surface area contributed by atoms with E-state index in [9.17, 15) is 5.21 Å². The number of para-hydroxylation sites is 1. The monoisotopic (exact) mass is 285 g/mol. The third-order valence-corrected chi connectivity index (χ3v) is 3.11. The quantitative estimate of drug-likeness (QED) is 0.533. The summed E-state index contributed by atoms with van der Waals surface area (Å²) in [6.07, 6.45) is 0. The summed E-state index contributed by atoms with van der Waals surface area (Å²) in [4.78, 5) is 0. The smallest absolute Gasteiger partial charge is 0.162 e. The topological polar surface area (TPSA) is 60.3 Å². The van der Waals surface area contributed by atoms with Crippen molar-refractivity contribution in [1.82, 2.24) is 0 Å². The molecule has 0 atom stereocenters. The Morgan fingerprint density at radius 2 is 1.81 bits per heavy atom. The molecule has 0 saturated heterocycles. The summed E-state index contributed by atoms with van der Waals surface area (Å²) < 4.78 is 16.6. The molecule has 1 aliphatic heterocycles. The number of nitrogens with zero attached hydrogens (tertiary/aromatic N) is 1. The molecule has 5 heteroatoms. The second-order valence-corrected chi connectivity index (χ2v) is 4.51. The van der Waals surface area contributed by atoms with Gasteiger partial charge in [0.25, 0.3) is 0 Å². The normalized spacial score (nSPS) is 13.8. The maximum atomic E-state index is 9.20. The first kappa shape index (κ1) is 13.3. The zero-order valence-corrected chi connectivity index (χ0v) is 11.4. The lowest BCUT2D eigenvalue weighted by molar-refractivity contribution is 0.171. The summed E-state index contributed by atoms with van der Waals surface area (Å²) in [5.41, 5.74) is 1.16. The van der Waals surface area contributed by atoms with Crippen LogP contribution >= 0.6 is 0 Å². The van der Waals surface area contributed by atoms with Crippen LogP contribution in [0.3, 0.4) is 0 Å². The van der Waals surface area contributed by atoms with Gasteiger partial charge in [-0.05, 0) is 30.3 Å². The van der Waals surface area contributed by atoms with Crippen molar-refractivity contribution in [3.8, 4) is 17.2 Å². The van der Waals surface area contributed by atoms with Crippen LogP contribution in [0.2, 0.25) is 0 Å². The predicted molar refractivity (Wildman–Crippen MR) is 77.7 cm³/mol. The van der Waals surface area contributed by atoms with E-state index >= 15 is 0 Å². The maximum Gasteiger partial charge on any atom is 0.162 e. The highest BCUT2D eigenvalue weighted by atomic mass is 16.6. The van der Waals surface area contributed by atoms with E-state index in [1.165, 1.54) is 0 Å². The SMILES string of the molecule is O/N=C(\COc1ccccc1)c1ccc2c(c1)OCCO2. The number of fused-ring (bicyclic) bond motifs is 1. The Bertz CT molecular complexity index is 640. The molecule has 0 bridgehead atoms. The van der Waals surface area contributed by atoms with Gasteiger partial charge >= 0.3 is 0 Å². The Kier molecular flexibility index (Phi) is 3.91. The van der Waals surface area contributed by atoms with Crippen LogP contribution in [0, 0.1) is 0 Å². The van der Waals surface area contributed by atoms with Gasteiger partial charge in [-0.1, -0.05) is 23.4 Å². The van der Waals surface area contributed by atoms with Crippen molar-refractivity contribution in [3.63, 3.8) is 0 Å². The second kappa shape index (κ2) is 6.17. The van der Waals surface area contributed by atoms with Crippen LogP contribution in [0.1, 0.15) is 5.56 Å². The van der Waals surface area contributed by atoms with Crippen LogP contribution in [0.15, 0.2) is 53.7 Å². The van der Waals surface area contributed by atoms with E-state index in [-0.39, 0.29) is 6.61 Å². The van der Waals surface area contributed by atoms with E-state index in [0.717, 1.165) is 11.3 Å². The lowest BCUT2D eigenvalue weighted by Gasteiger charge is -2.19. The van der Waals surface area contributed by atoms with Gasteiger partial charge in [-0.15, -0.1) is 0 Å². The minimum Gasteiger partial charge on any atom is -0.487 e. The largest absolute Gasteiger partial charge is 0.487 e. The molecular weight excluding hydrogens is 270 g/mol. The highest BCUT2D eigenvalue weighted by Crippen LogP contribution is 2.31. The summed E-state index contributed by atoms with van der Waals surface area (Å²) in [6.45, 7) is 1.23. The molecule has 0 saturated carbocycles. The van der Waals surface area contributed by atoms with Crippen molar-refractivity contribution in [3.05, 3.63) is 54.1 Å². The molecule has 21 heavy (non-hydrogen) atoms. The lowest BCUT2D eigenvalue weighted by atomic mass is 10.1. The van der Waals surface area contributed by atoms with Crippen LogP contribution in [-0.2, 0) is 0 Å². The average molecular weight is 285 g/mol. The number of benzene rings is 2. The summed E-state index contributed by atoms with van der Waals surface area (Å²) in [5, 5.41) is 12.5. The van der Waals surface area contributed by atoms with Crippen molar-refractivity contribution in [2.24, 2.45) is 5.16 Å². The lowest BCUT2D eigenvalue weighted by Crippen LogP contribution is -2.17. The molecule has 0 aromatic heterocycles. The minimum atomic E-state index is 0.167. The Labute approximate surface area is 122 Å². The molecule has 0 radical (unpaired) electrons. The first-order valence-corrected chi connectivity index (χ1v) is 6.65. The number of hydrogen-bond donors (Lipinski definition) is 1. The van der Waals surface area contributed by atoms with Crippen LogP contribution in [-0.4, -0.2) is 30.7 Å².